The molecule has 1 unspecified atom stereocenters. The lowest BCUT2D eigenvalue weighted by atomic mass is 9.93. The number of halogens is 1. The van der Waals surface area contributed by atoms with Gasteiger partial charge in [0, 0.05) is 10.0 Å². The van der Waals surface area contributed by atoms with Crippen LogP contribution in [0.1, 0.15) is 22.8 Å². The van der Waals surface area contributed by atoms with Crippen LogP contribution < -0.4 is 10.4 Å². The van der Waals surface area contributed by atoms with Gasteiger partial charge in [0.1, 0.15) is 5.92 Å². The molecular formula is C24H19BrN4O2. The highest BCUT2D eigenvalue weighted by atomic mass is 79.9. The summed E-state index contributed by atoms with van der Waals surface area (Å²) in [5, 5.41) is 10.2. The fourth-order valence-electron chi connectivity index (χ4n) is 3.32. The largest absolute Gasteiger partial charge is 0.271 e. The van der Waals surface area contributed by atoms with Gasteiger partial charge in [-0.3, -0.25) is 9.59 Å². The third-order valence-corrected chi connectivity index (χ3v) is 5.39. The lowest BCUT2D eigenvalue weighted by molar-refractivity contribution is -0.118. The molecule has 0 aliphatic carbocycles. The number of anilines is 1. The van der Waals surface area contributed by atoms with Gasteiger partial charge in [0.05, 0.1) is 17.1 Å². The van der Waals surface area contributed by atoms with E-state index in [0.29, 0.717) is 22.7 Å². The Balaban J connectivity index is 1.67. The summed E-state index contributed by atoms with van der Waals surface area (Å²) in [6, 6.07) is 25.5. The van der Waals surface area contributed by atoms with Crippen LogP contribution >= 0.6 is 15.9 Å². The SMILES string of the molecule is CC1=NN(c2ccccc2)C(=O)C1C(=NNC(=O)c1ccc(Br)cc1)c1ccccc1. The van der Waals surface area contributed by atoms with Crippen molar-refractivity contribution in [3.63, 3.8) is 0 Å². The van der Waals surface area contributed by atoms with Crippen molar-refractivity contribution in [1.82, 2.24) is 5.43 Å². The first kappa shape index (κ1) is 20.7. The molecule has 31 heavy (non-hydrogen) atoms. The van der Waals surface area contributed by atoms with E-state index in [0.717, 1.165) is 10.0 Å². The highest BCUT2D eigenvalue weighted by molar-refractivity contribution is 9.10. The van der Waals surface area contributed by atoms with Gasteiger partial charge in [-0.15, -0.1) is 0 Å². The molecule has 1 aliphatic rings. The van der Waals surface area contributed by atoms with Crippen LogP contribution in [-0.4, -0.2) is 23.2 Å². The van der Waals surface area contributed by atoms with Crippen LogP contribution in [0, 0.1) is 5.92 Å². The summed E-state index contributed by atoms with van der Waals surface area (Å²) in [7, 11) is 0. The van der Waals surface area contributed by atoms with Crippen molar-refractivity contribution in [2.24, 2.45) is 16.1 Å². The quantitative estimate of drug-likeness (QED) is 0.432. The first-order valence-electron chi connectivity index (χ1n) is 9.67. The molecule has 0 bridgehead atoms. The minimum Gasteiger partial charge on any atom is -0.271 e. The van der Waals surface area contributed by atoms with E-state index >= 15 is 0 Å². The Morgan fingerprint density at radius 3 is 2.19 bits per heavy atom. The van der Waals surface area contributed by atoms with Gasteiger partial charge in [0.2, 0.25) is 0 Å². The number of rotatable bonds is 5. The zero-order valence-corrected chi connectivity index (χ0v) is 18.3. The second-order valence-corrected chi connectivity index (χ2v) is 7.89. The molecule has 154 valence electrons. The summed E-state index contributed by atoms with van der Waals surface area (Å²) in [5.74, 6) is -1.28. The molecule has 3 aromatic rings. The Morgan fingerprint density at radius 2 is 1.55 bits per heavy atom. The molecule has 7 heteroatoms. The molecule has 0 spiro atoms. The topological polar surface area (TPSA) is 74.1 Å². The molecule has 0 saturated heterocycles. The van der Waals surface area contributed by atoms with Crippen molar-refractivity contribution in [2.75, 3.05) is 5.01 Å². The van der Waals surface area contributed by atoms with E-state index in [1.807, 2.05) is 60.7 Å². The van der Waals surface area contributed by atoms with Crippen molar-refractivity contribution < 1.29 is 9.59 Å². The summed E-state index contributed by atoms with van der Waals surface area (Å²) in [4.78, 5) is 25.9. The molecule has 4 rings (SSSR count). The van der Waals surface area contributed by atoms with E-state index in [-0.39, 0.29) is 11.8 Å². The Hall–Kier alpha value is -3.58. The van der Waals surface area contributed by atoms with E-state index in [4.69, 9.17) is 0 Å². The van der Waals surface area contributed by atoms with Gasteiger partial charge >= 0.3 is 0 Å². The average Bonchev–Trinajstić information content (AvgIpc) is 3.10. The summed E-state index contributed by atoms with van der Waals surface area (Å²) >= 11 is 3.36. The van der Waals surface area contributed by atoms with E-state index in [1.165, 1.54) is 5.01 Å². The van der Waals surface area contributed by atoms with Crippen molar-refractivity contribution >= 4 is 44.9 Å². The number of nitrogens with one attached hydrogen (secondary N) is 1. The predicted molar refractivity (Wildman–Crippen MR) is 125 cm³/mol. The first-order valence-corrected chi connectivity index (χ1v) is 10.5. The molecular weight excluding hydrogens is 456 g/mol. The Kier molecular flexibility index (Phi) is 6.04. The van der Waals surface area contributed by atoms with Gasteiger partial charge in [-0.1, -0.05) is 64.5 Å². The molecule has 6 nitrogen and oxygen atoms in total. The number of carbonyl (C=O) groups excluding carboxylic acids is 2. The summed E-state index contributed by atoms with van der Waals surface area (Å²) in [6.07, 6.45) is 0. The van der Waals surface area contributed by atoms with Crippen LogP contribution in [0.25, 0.3) is 0 Å². The molecule has 0 fully saturated rings. The number of para-hydroxylation sites is 1. The number of hydrogen-bond donors (Lipinski definition) is 1. The van der Waals surface area contributed by atoms with Gasteiger partial charge in [0.15, 0.2) is 0 Å². The van der Waals surface area contributed by atoms with Crippen molar-refractivity contribution in [3.05, 3.63) is 101 Å². The van der Waals surface area contributed by atoms with Gasteiger partial charge in [-0.25, -0.2) is 5.43 Å². The minimum atomic E-state index is -0.701. The molecule has 3 aromatic carbocycles. The van der Waals surface area contributed by atoms with E-state index in [2.05, 4.69) is 31.6 Å². The van der Waals surface area contributed by atoms with Gasteiger partial charge < -0.3 is 0 Å². The highest BCUT2D eigenvalue weighted by Crippen LogP contribution is 2.26. The predicted octanol–water partition coefficient (Wildman–Crippen LogP) is 4.62. The van der Waals surface area contributed by atoms with E-state index in [9.17, 15) is 9.59 Å². The van der Waals surface area contributed by atoms with Gasteiger partial charge in [0.25, 0.3) is 11.8 Å². The maximum absolute atomic E-state index is 13.3. The zero-order valence-electron chi connectivity index (χ0n) is 16.7. The monoisotopic (exact) mass is 474 g/mol. The van der Waals surface area contributed by atoms with Crippen LogP contribution in [0.2, 0.25) is 0 Å². The van der Waals surface area contributed by atoms with Crippen molar-refractivity contribution in [2.45, 2.75) is 6.92 Å². The number of hydrazone groups is 2. The fourth-order valence-corrected chi connectivity index (χ4v) is 3.58. The van der Waals surface area contributed by atoms with Crippen LogP contribution in [-0.2, 0) is 4.79 Å². The first-order chi connectivity index (χ1) is 15.0. The zero-order chi connectivity index (χ0) is 21.8. The Bertz CT molecular complexity index is 1160. The van der Waals surface area contributed by atoms with E-state index < -0.39 is 5.92 Å². The van der Waals surface area contributed by atoms with Crippen molar-refractivity contribution in [1.29, 1.82) is 0 Å². The highest BCUT2D eigenvalue weighted by Gasteiger charge is 2.38. The molecule has 0 saturated carbocycles. The maximum Gasteiger partial charge on any atom is 0.271 e. The Labute approximate surface area is 188 Å². The van der Waals surface area contributed by atoms with Crippen LogP contribution in [0.4, 0.5) is 5.69 Å². The molecule has 1 heterocycles. The third kappa shape index (κ3) is 4.46. The summed E-state index contributed by atoms with van der Waals surface area (Å²) < 4.78 is 0.877. The van der Waals surface area contributed by atoms with Crippen LogP contribution in [0.5, 0.6) is 0 Å². The summed E-state index contributed by atoms with van der Waals surface area (Å²) in [6.45, 7) is 1.79. The molecule has 1 N–H and O–H groups in total. The average molecular weight is 475 g/mol. The molecule has 0 radical (unpaired) electrons. The smallest absolute Gasteiger partial charge is 0.271 e. The second kappa shape index (κ2) is 9.06. The third-order valence-electron chi connectivity index (χ3n) is 4.86. The maximum atomic E-state index is 13.3. The number of nitrogens with zero attached hydrogens (tertiary/aromatic N) is 3. The van der Waals surface area contributed by atoms with E-state index in [1.54, 1.807) is 31.2 Å². The minimum absolute atomic E-state index is 0.218. The lowest BCUT2D eigenvalue weighted by Crippen LogP contribution is -2.35. The number of benzene rings is 3. The summed E-state index contributed by atoms with van der Waals surface area (Å²) in [5.41, 5.74) is 5.53. The molecule has 1 atom stereocenters. The molecule has 1 aliphatic heterocycles. The normalized spacial score (nSPS) is 16.3. The Morgan fingerprint density at radius 1 is 0.935 bits per heavy atom. The molecule has 0 aromatic heterocycles. The fraction of sp³-hybridized carbons (Fsp3) is 0.0833. The standard InChI is InChI=1S/C24H19BrN4O2/c1-16-21(24(31)29(28-16)20-10-6-3-7-11-20)22(17-8-4-2-5-9-17)26-27-23(30)18-12-14-19(25)15-13-18/h2-15,21H,1H3,(H,27,30). The van der Waals surface area contributed by atoms with Gasteiger partial charge in [-0.05, 0) is 48.9 Å². The number of amides is 2. The number of carbonyl (C=O) groups is 2. The van der Waals surface area contributed by atoms with Crippen LogP contribution in [0.3, 0.4) is 0 Å². The number of hydrogen-bond acceptors (Lipinski definition) is 4. The lowest BCUT2D eigenvalue weighted by Gasteiger charge is -2.16. The van der Waals surface area contributed by atoms with Crippen LogP contribution in [0.15, 0.2) is 99.6 Å². The van der Waals surface area contributed by atoms with Gasteiger partial charge in [-0.2, -0.15) is 15.2 Å². The molecule has 2 amide bonds. The second-order valence-electron chi connectivity index (χ2n) is 6.97. The van der Waals surface area contributed by atoms with Crippen molar-refractivity contribution in [3.8, 4) is 0 Å².